The van der Waals surface area contributed by atoms with E-state index < -0.39 is 54.0 Å². The van der Waals surface area contributed by atoms with Gasteiger partial charge in [0.2, 0.25) is 0 Å². The van der Waals surface area contributed by atoms with Gasteiger partial charge in [0, 0.05) is 193 Å². The Labute approximate surface area is 866 Å². The van der Waals surface area contributed by atoms with Crippen LogP contribution in [0.3, 0.4) is 0 Å². The largest absolute Gasteiger partial charge is 0.396 e. The van der Waals surface area contributed by atoms with Gasteiger partial charge in [-0.25, -0.2) is 24.9 Å². The fourth-order valence-electron chi connectivity index (χ4n) is 15.7. The maximum absolute atomic E-state index is 12.9. The summed E-state index contributed by atoms with van der Waals surface area (Å²) in [6.07, 6.45) is 35.9. The summed E-state index contributed by atoms with van der Waals surface area (Å²) < 4.78 is 67.6. The molecule has 0 aliphatic rings. The third-order valence-corrected chi connectivity index (χ3v) is 38.0. The van der Waals surface area contributed by atoms with Crippen LogP contribution in [0, 0.1) is 22.7 Å². The summed E-state index contributed by atoms with van der Waals surface area (Å²) in [5.41, 5.74) is 54.0. The van der Waals surface area contributed by atoms with Crippen LogP contribution in [0.1, 0.15) is 110 Å². The molecule has 0 bridgehead atoms. The van der Waals surface area contributed by atoms with E-state index in [1.807, 2.05) is 176 Å². The molecule has 144 heavy (non-hydrogen) atoms. The molecule has 35 heteroatoms. The number of unbranched alkanes of at least 4 members (excludes halogenated alkanes) is 5. The minimum Gasteiger partial charge on any atom is -0.396 e. The maximum atomic E-state index is 12.9. The molecule has 5 atom stereocenters. The van der Waals surface area contributed by atoms with Gasteiger partial charge in [-0.1, -0.05) is 109 Å². The average Bonchev–Trinajstić information content (AvgIpc) is 1.63. The number of nitriles is 2. The van der Waals surface area contributed by atoms with Crippen LogP contribution >= 0.6 is 56.7 Å². The Morgan fingerprint density at radius 1 is 0.257 bits per heavy atom. The zero-order valence-electron chi connectivity index (χ0n) is 79.3. The van der Waals surface area contributed by atoms with Gasteiger partial charge in [0.25, 0.3) is 0 Å². The summed E-state index contributed by atoms with van der Waals surface area (Å²) in [5, 5.41) is 22.6. The topological polar surface area (TPSA) is 431 Å². The van der Waals surface area contributed by atoms with Crippen LogP contribution < -0.4 is 28.7 Å². The number of rotatable bonds is 30. The van der Waals surface area contributed by atoms with Crippen LogP contribution in [0.5, 0.6) is 0 Å². The second-order valence-electron chi connectivity index (χ2n) is 33.0. The number of nitrogens with zero attached hydrogens (tertiary/aromatic N) is 15. The zero-order chi connectivity index (χ0) is 101. The minimum absolute atomic E-state index is 0.520. The van der Waals surface area contributed by atoms with Gasteiger partial charge < -0.3 is 28.7 Å². The summed E-state index contributed by atoms with van der Waals surface area (Å²) in [7, 11) is -5.67. The highest BCUT2D eigenvalue weighted by Crippen LogP contribution is 2.50. The number of benzene rings is 2. The van der Waals surface area contributed by atoms with Crippen molar-refractivity contribution in [2.24, 2.45) is 0 Å². The van der Waals surface area contributed by atoms with Crippen LogP contribution in [0.4, 0.5) is 28.4 Å². The molecule has 2 aromatic carbocycles. The third-order valence-electron chi connectivity index (χ3n) is 23.1. The molecule has 0 radical (unpaired) electrons. The number of aromatic nitrogens is 13. The van der Waals surface area contributed by atoms with E-state index in [1.165, 1.54) is 56.7 Å². The lowest BCUT2D eigenvalue weighted by Crippen LogP contribution is -1.99. The first-order chi connectivity index (χ1) is 70.3. The quantitative estimate of drug-likeness (QED) is 0.0279. The number of pyridine rings is 13. The molecule has 25 nitrogen and oxygen atoms in total. The fourth-order valence-corrected chi connectivity index (χ4v) is 29.6. The summed E-state index contributed by atoms with van der Waals surface area (Å²) in [6, 6.07) is 61.9. The molecule has 18 aromatic heterocycles. The predicted octanol–water partition coefficient (Wildman–Crippen LogP) is 25.5. The lowest BCUT2D eigenvalue weighted by molar-refractivity contribution is 0.680. The van der Waals surface area contributed by atoms with E-state index in [4.69, 9.17) is 58.9 Å². The molecule has 0 saturated heterocycles. The highest BCUT2D eigenvalue weighted by molar-refractivity contribution is 7.89. The van der Waals surface area contributed by atoms with Crippen LogP contribution in [0.25, 0.3) is 163 Å². The van der Waals surface area contributed by atoms with E-state index in [9.17, 15) is 26.3 Å². The van der Waals surface area contributed by atoms with E-state index in [-0.39, 0.29) is 0 Å². The van der Waals surface area contributed by atoms with Crippen molar-refractivity contribution in [3.05, 3.63) is 286 Å². The van der Waals surface area contributed by atoms with Crippen LogP contribution in [0.2, 0.25) is 0 Å². The Balaban J connectivity index is 0.000000129. The van der Waals surface area contributed by atoms with Gasteiger partial charge in [0.05, 0.1) is 140 Å². The van der Waals surface area contributed by atoms with Crippen LogP contribution in [0.15, 0.2) is 296 Å². The molecule has 20 rings (SSSR count). The number of anilines is 5. The van der Waals surface area contributed by atoms with Crippen molar-refractivity contribution >= 4 is 190 Å². The van der Waals surface area contributed by atoms with Crippen molar-refractivity contribution in [2.45, 2.75) is 120 Å². The molecule has 18 heterocycles. The van der Waals surface area contributed by atoms with E-state index in [0.717, 1.165) is 227 Å². The Bertz CT molecular complexity index is 7690. The normalized spacial score (nSPS) is 12.2. The maximum Gasteiger partial charge on any atom is 0.127 e. The molecule has 726 valence electrons. The van der Waals surface area contributed by atoms with Gasteiger partial charge in [-0.2, -0.15) is 10.5 Å². The second-order valence-corrected chi connectivity index (χ2v) is 46.8. The summed E-state index contributed by atoms with van der Waals surface area (Å²) in [4.78, 5) is 62.0. The minimum atomic E-state index is -1.16. The van der Waals surface area contributed by atoms with Gasteiger partial charge in [-0.15, -0.1) is 56.7 Å². The van der Waals surface area contributed by atoms with Gasteiger partial charge in [-0.3, -0.25) is 60.9 Å². The van der Waals surface area contributed by atoms with Crippen LogP contribution in [-0.4, -0.2) is 115 Å². The summed E-state index contributed by atoms with van der Waals surface area (Å²) in [6.45, 7) is 10.4. The predicted molar refractivity (Wildman–Crippen MR) is 597 cm³/mol. The Kier molecular flexibility index (Phi) is 35.2. The standard InChI is InChI=1S/2C23H20N4OS2.3C21H20N4OS2/c1-2-3-10-30(28)23-21(25)20-18(16-7-4-6-15(11-16)13-24)12-19(27-22(20)29-23)17-8-5-9-26-14-17;1-2-3-11-30(28)23-21(25)20-18(16-8-6-15(13-24)7-9-16)12-19(27-22(20)29-23)17-5-4-10-26-14-17;2*1-2-3-10-28(26)21-19(22)18-16(14-6-4-8-23-12-14)11-17(25-20(18)27-21)15-7-5-9-24-13-15;1-2-3-11-28(26)21-19(22)18-15(16-8-4-5-10-24-16)12-17(25-20(18)27-21)14-7-6-9-23-13-14/h4-9,11-12,14H,2-3,10,25H2,1H3;4-10,12,14H,2-3,11,25H2,1H3;2*4-9,11-13H,2-3,10,22H2,1H3;4-10,12-13H,2-3,11,22H2,1H3/t;;2*28-;/m..10./s1. The first-order valence-electron chi connectivity index (χ1n) is 46.6. The van der Waals surface area contributed by atoms with Crippen molar-refractivity contribution in [1.82, 2.24) is 64.8 Å². The van der Waals surface area contributed by atoms with Crippen LogP contribution in [-0.2, 0) is 54.0 Å². The molecule has 0 amide bonds. The Hall–Kier alpha value is -14.1. The highest BCUT2D eigenvalue weighted by atomic mass is 32.2. The number of thiophene rings is 5. The summed E-state index contributed by atoms with van der Waals surface area (Å²) in [5.74, 6) is 3.02. The van der Waals surface area contributed by atoms with Gasteiger partial charge >= 0.3 is 0 Å². The molecule has 10 N–H and O–H groups in total. The van der Waals surface area contributed by atoms with Gasteiger partial charge in [-0.05, 0) is 205 Å². The first-order valence-corrected chi connectivity index (χ1v) is 57.3. The molecule has 0 fully saturated rings. The highest BCUT2D eigenvalue weighted by Gasteiger charge is 2.29. The van der Waals surface area contributed by atoms with Crippen molar-refractivity contribution in [2.75, 3.05) is 57.4 Å². The second kappa shape index (κ2) is 49.3. The van der Waals surface area contributed by atoms with E-state index in [2.05, 4.69) is 86.6 Å². The van der Waals surface area contributed by atoms with Crippen molar-refractivity contribution in [1.29, 1.82) is 10.5 Å². The van der Waals surface area contributed by atoms with E-state index >= 15 is 0 Å². The van der Waals surface area contributed by atoms with Crippen molar-refractivity contribution in [3.8, 4) is 124 Å². The molecule has 3 unspecified atom stereocenters. The fraction of sp³-hybridized carbons (Fsp3) is 0.183. The number of nitrogen functional groups attached to an aromatic ring is 5. The smallest absolute Gasteiger partial charge is 0.127 e. The molecule has 20 aromatic rings. The van der Waals surface area contributed by atoms with Crippen molar-refractivity contribution in [3.63, 3.8) is 0 Å². The SMILES string of the molecule is CCCCS(=O)c1sc2nc(-c3cccnc3)cc(-c3ccc(C#N)cc3)c2c1N.CCCCS(=O)c1sc2nc(-c3cccnc3)cc(-c3cccc(C#N)c3)c2c1N.CCCCS(=O)c1sc2nc(-c3cccnc3)cc(-c3ccccn3)c2c1N.CCCC[S@@](=O)c1sc2nc(-c3cccnc3)cc(-c3cccnc3)c2c1N.CCCC[S@](=O)c1sc2nc(-c3cccnc3)cc(-c3cccnc3)c2c1N. The third kappa shape index (κ3) is 23.9. The number of nitrogens with two attached hydrogens (primary N) is 5. The van der Waals surface area contributed by atoms with E-state index in [1.54, 1.807) is 98.8 Å². The average molecular weight is 2090 g/mol. The molecule has 0 spiro atoms. The molecule has 0 aliphatic heterocycles. The first kappa shape index (κ1) is 103. The Morgan fingerprint density at radius 3 is 0.771 bits per heavy atom. The van der Waals surface area contributed by atoms with Gasteiger partial charge in [0.15, 0.2) is 0 Å². The molecular formula is C109H100N20O5S10. The van der Waals surface area contributed by atoms with E-state index in [0.29, 0.717) is 89.4 Å². The number of hydrogen-bond donors (Lipinski definition) is 5. The number of fused-ring (bicyclic) bond motifs is 5. The lowest BCUT2D eigenvalue weighted by atomic mass is 9.99. The number of hydrogen-bond acceptors (Lipinski definition) is 30. The van der Waals surface area contributed by atoms with Gasteiger partial charge in [0.1, 0.15) is 45.2 Å². The Morgan fingerprint density at radius 2 is 0.514 bits per heavy atom. The van der Waals surface area contributed by atoms with Crippen molar-refractivity contribution < 1.29 is 21.0 Å². The molecule has 0 saturated carbocycles. The molecule has 0 aliphatic carbocycles. The zero-order valence-corrected chi connectivity index (χ0v) is 87.5. The molecular weight excluding hydrogens is 1990 g/mol. The lowest BCUT2D eigenvalue weighted by Gasteiger charge is -2.09. The monoisotopic (exact) mass is 2090 g/mol. The summed E-state index contributed by atoms with van der Waals surface area (Å²) >= 11 is 7.05.